The highest BCUT2D eigenvalue weighted by atomic mass is 127. The Bertz CT molecular complexity index is 839. The molecular formula is C21H27FIN5O. The number of hydrogen-bond acceptors (Lipinski definition) is 2. The monoisotopic (exact) mass is 511 g/mol. The van der Waals surface area contributed by atoms with E-state index in [0.717, 1.165) is 37.2 Å². The van der Waals surface area contributed by atoms with Crippen LogP contribution in [0.3, 0.4) is 0 Å². The van der Waals surface area contributed by atoms with E-state index >= 15 is 0 Å². The Morgan fingerprint density at radius 2 is 1.79 bits per heavy atom. The van der Waals surface area contributed by atoms with Crippen LogP contribution in [-0.2, 0) is 13.1 Å². The van der Waals surface area contributed by atoms with Gasteiger partial charge in [0.2, 0.25) is 0 Å². The van der Waals surface area contributed by atoms with Crippen LogP contribution in [0.5, 0.6) is 0 Å². The summed E-state index contributed by atoms with van der Waals surface area (Å²) in [7, 11) is 1.67. The van der Waals surface area contributed by atoms with Gasteiger partial charge in [0.25, 0.3) is 0 Å². The van der Waals surface area contributed by atoms with E-state index in [-0.39, 0.29) is 35.8 Å². The third kappa shape index (κ3) is 6.88. The number of carbonyl (C=O) groups is 1. The summed E-state index contributed by atoms with van der Waals surface area (Å²) in [5, 5.41) is 9.26. The maximum atomic E-state index is 13.7. The maximum absolute atomic E-state index is 13.7. The molecule has 2 aromatic carbocycles. The number of rotatable bonds is 5. The number of aliphatic imine (C=N–C) groups is 1. The van der Waals surface area contributed by atoms with Crippen molar-refractivity contribution < 1.29 is 9.18 Å². The van der Waals surface area contributed by atoms with Gasteiger partial charge in [-0.15, -0.1) is 24.0 Å². The summed E-state index contributed by atoms with van der Waals surface area (Å²) >= 11 is 0. The van der Waals surface area contributed by atoms with Crippen molar-refractivity contribution in [2.24, 2.45) is 4.99 Å². The first-order chi connectivity index (χ1) is 13.7. The fraction of sp³-hybridized carbons (Fsp3) is 0.333. The van der Waals surface area contributed by atoms with E-state index in [2.05, 4.69) is 20.9 Å². The van der Waals surface area contributed by atoms with E-state index in [1.807, 2.05) is 29.2 Å². The van der Waals surface area contributed by atoms with E-state index in [0.29, 0.717) is 24.6 Å². The Morgan fingerprint density at radius 1 is 1.07 bits per heavy atom. The molecule has 3 rings (SSSR count). The number of halogens is 2. The summed E-state index contributed by atoms with van der Waals surface area (Å²) < 4.78 is 13.7. The highest BCUT2D eigenvalue weighted by Crippen LogP contribution is 2.14. The van der Waals surface area contributed by atoms with E-state index in [1.54, 1.807) is 25.2 Å². The van der Waals surface area contributed by atoms with E-state index in [9.17, 15) is 9.18 Å². The number of nitrogens with one attached hydrogen (secondary N) is 3. The fourth-order valence-electron chi connectivity index (χ4n) is 3.11. The molecule has 0 unspecified atom stereocenters. The maximum Gasteiger partial charge on any atom is 0.321 e. The number of nitrogens with zero attached hydrogens (tertiary/aromatic N) is 2. The zero-order valence-electron chi connectivity index (χ0n) is 16.5. The molecule has 156 valence electrons. The number of carbonyl (C=O) groups excluding carboxylic acids is 1. The molecule has 0 spiro atoms. The molecule has 6 nitrogen and oxygen atoms in total. The molecule has 1 aliphatic heterocycles. The first-order valence-electron chi connectivity index (χ1n) is 9.48. The number of anilines is 1. The van der Waals surface area contributed by atoms with Crippen LogP contribution in [-0.4, -0.2) is 37.0 Å². The van der Waals surface area contributed by atoms with Gasteiger partial charge in [-0.05, 0) is 36.6 Å². The molecule has 2 aromatic rings. The van der Waals surface area contributed by atoms with E-state index < -0.39 is 0 Å². The van der Waals surface area contributed by atoms with Crippen molar-refractivity contribution in [1.29, 1.82) is 0 Å². The van der Waals surface area contributed by atoms with Crippen molar-refractivity contribution >= 4 is 41.7 Å². The van der Waals surface area contributed by atoms with Crippen molar-refractivity contribution in [3.63, 3.8) is 0 Å². The average molecular weight is 511 g/mol. The average Bonchev–Trinajstić information content (AvgIpc) is 3.25. The quantitative estimate of drug-likeness (QED) is 0.324. The Balaban J connectivity index is 0.00000300. The normalized spacial score (nSPS) is 13.6. The molecule has 0 saturated carbocycles. The van der Waals surface area contributed by atoms with Crippen molar-refractivity contribution in [2.75, 3.05) is 25.5 Å². The SMILES string of the molecule is CN=C(NCc1cccc(NC(=O)N2CCCC2)c1)NCc1ccccc1F.I. The second kappa shape index (κ2) is 11.6. The highest BCUT2D eigenvalue weighted by molar-refractivity contribution is 14.0. The van der Waals surface area contributed by atoms with Gasteiger partial charge in [0.15, 0.2) is 5.96 Å². The lowest BCUT2D eigenvalue weighted by Gasteiger charge is -2.17. The molecule has 0 aromatic heterocycles. The van der Waals surface area contributed by atoms with E-state index in [4.69, 9.17) is 0 Å². The van der Waals surface area contributed by atoms with Crippen LogP contribution in [0, 0.1) is 5.82 Å². The lowest BCUT2D eigenvalue weighted by Crippen LogP contribution is -2.36. The van der Waals surface area contributed by atoms with Crippen molar-refractivity contribution in [1.82, 2.24) is 15.5 Å². The van der Waals surface area contributed by atoms with Crippen LogP contribution >= 0.6 is 24.0 Å². The summed E-state index contributed by atoms with van der Waals surface area (Å²) in [4.78, 5) is 18.2. The molecule has 3 N–H and O–H groups in total. The Kier molecular flexibility index (Phi) is 9.17. The molecule has 1 fully saturated rings. The highest BCUT2D eigenvalue weighted by Gasteiger charge is 2.17. The largest absolute Gasteiger partial charge is 0.352 e. The van der Waals surface area contributed by atoms with Crippen molar-refractivity contribution in [3.8, 4) is 0 Å². The van der Waals surface area contributed by atoms with Crippen molar-refractivity contribution in [3.05, 3.63) is 65.5 Å². The third-order valence-electron chi connectivity index (χ3n) is 4.66. The molecule has 0 radical (unpaired) electrons. The van der Waals surface area contributed by atoms with Gasteiger partial charge in [-0.2, -0.15) is 0 Å². The summed E-state index contributed by atoms with van der Waals surface area (Å²) in [6, 6.07) is 14.3. The van der Waals surface area contributed by atoms with Gasteiger partial charge in [-0.25, -0.2) is 9.18 Å². The van der Waals surface area contributed by atoms with Gasteiger partial charge < -0.3 is 20.9 Å². The Labute approximate surface area is 188 Å². The molecule has 1 saturated heterocycles. The number of hydrogen-bond donors (Lipinski definition) is 3. The minimum atomic E-state index is -0.244. The Hall–Kier alpha value is -2.36. The van der Waals surface area contributed by atoms with Gasteiger partial charge in [0, 0.05) is 44.5 Å². The van der Waals surface area contributed by atoms with Crippen LogP contribution in [0.15, 0.2) is 53.5 Å². The molecule has 0 aliphatic carbocycles. The molecular weight excluding hydrogens is 484 g/mol. The first kappa shape index (κ1) is 22.9. The predicted molar refractivity (Wildman–Crippen MR) is 125 cm³/mol. The minimum absolute atomic E-state index is 0. The zero-order chi connectivity index (χ0) is 19.8. The predicted octanol–water partition coefficient (Wildman–Crippen LogP) is 3.94. The number of amides is 2. The smallest absolute Gasteiger partial charge is 0.321 e. The molecule has 0 atom stereocenters. The minimum Gasteiger partial charge on any atom is -0.352 e. The number of benzene rings is 2. The van der Waals surface area contributed by atoms with Gasteiger partial charge >= 0.3 is 6.03 Å². The fourth-order valence-corrected chi connectivity index (χ4v) is 3.11. The molecule has 8 heteroatoms. The van der Waals surface area contributed by atoms with Crippen LogP contribution in [0.25, 0.3) is 0 Å². The second-order valence-corrected chi connectivity index (χ2v) is 6.70. The molecule has 2 amide bonds. The van der Waals surface area contributed by atoms with Crippen LogP contribution in [0.4, 0.5) is 14.9 Å². The third-order valence-corrected chi connectivity index (χ3v) is 4.66. The molecule has 1 heterocycles. The molecule has 0 bridgehead atoms. The van der Waals surface area contributed by atoms with Crippen LogP contribution < -0.4 is 16.0 Å². The van der Waals surface area contributed by atoms with Crippen molar-refractivity contribution in [2.45, 2.75) is 25.9 Å². The molecule has 29 heavy (non-hydrogen) atoms. The standard InChI is InChI=1S/C21H26FN5O.HI/c1-23-20(25-15-17-8-2-3-10-19(17)22)24-14-16-7-6-9-18(13-16)26-21(28)27-11-4-5-12-27;/h2-3,6-10,13H,4-5,11-12,14-15H2,1H3,(H,26,28)(H2,23,24,25);1H. The van der Waals surface area contributed by atoms with Gasteiger partial charge in [-0.1, -0.05) is 30.3 Å². The van der Waals surface area contributed by atoms with Gasteiger partial charge in [-0.3, -0.25) is 4.99 Å². The van der Waals surface area contributed by atoms with Gasteiger partial charge in [0.05, 0.1) is 0 Å². The lowest BCUT2D eigenvalue weighted by atomic mass is 10.2. The van der Waals surface area contributed by atoms with Crippen LogP contribution in [0.2, 0.25) is 0 Å². The summed E-state index contributed by atoms with van der Waals surface area (Å²) in [5.41, 5.74) is 2.36. The number of likely N-dealkylation sites (tertiary alicyclic amines) is 1. The topological polar surface area (TPSA) is 68.8 Å². The van der Waals surface area contributed by atoms with E-state index in [1.165, 1.54) is 6.07 Å². The first-order valence-corrected chi connectivity index (χ1v) is 9.48. The van der Waals surface area contributed by atoms with Gasteiger partial charge in [0.1, 0.15) is 5.82 Å². The Morgan fingerprint density at radius 3 is 2.52 bits per heavy atom. The number of urea groups is 1. The summed E-state index contributed by atoms with van der Waals surface area (Å²) in [6.07, 6.45) is 2.13. The summed E-state index contributed by atoms with van der Waals surface area (Å²) in [5.74, 6) is 0.335. The van der Waals surface area contributed by atoms with Crippen LogP contribution in [0.1, 0.15) is 24.0 Å². The molecule has 1 aliphatic rings. The second-order valence-electron chi connectivity index (χ2n) is 6.70. The number of guanidine groups is 1. The zero-order valence-corrected chi connectivity index (χ0v) is 18.8. The summed E-state index contributed by atoms with van der Waals surface area (Å²) in [6.45, 7) is 2.51. The lowest BCUT2D eigenvalue weighted by molar-refractivity contribution is 0.222.